The Morgan fingerprint density at radius 1 is 1.20 bits per heavy atom. The lowest BCUT2D eigenvalue weighted by atomic mass is 10.2. The zero-order chi connectivity index (χ0) is 14.4. The Labute approximate surface area is 133 Å². The third-order valence-corrected chi connectivity index (χ3v) is 5.44. The van der Waals surface area contributed by atoms with E-state index in [9.17, 15) is 0 Å². The number of rotatable bonds is 6. The van der Waals surface area contributed by atoms with Gasteiger partial charge in [0, 0.05) is 15.4 Å². The molecule has 2 N–H and O–H groups in total. The molecule has 0 radical (unpaired) electrons. The molecule has 4 heteroatoms. The third kappa shape index (κ3) is 4.00. The van der Waals surface area contributed by atoms with Crippen LogP contribution in [0.25, 0.3) is 0 Å². The van der Waals surface area contributed by atoms with E-state index in [1.54, 1.807) is 0 Å². The second-order valence-electron chi connectivity index (χ2n) is 4.68. The van der Waals surface area contributed by atoms with Crippen molar-refractivity contribution >= 4 is 33.5 Å². The average Bonchev–Trinajstić information content (AvgIpc) is 2.46. The number of hydrogen-bond acceptors (Lipinski definition) is 2. The molecular weight excluding hydrogens is 332 g/mol. The number of nitrogens with zero attached hydrogens (tertiary/aromatic N) is 1. The van der Waals surface area contributed by atoms with Crippen LogP contribution >= 0.6 is 27.7 Å². The molecule has 2 nitrogen and oxygen atoms in total. The second-order valence-corrected chi connectivity index (χ2v) is 6.75. The Morgan fingerprint density at radius 3 is 2.65 bits per heavy atom. The van der Waals surface area contributed by atoms with Crippen molar-refractivity contribution in [3.63, 3.8) is 0 Å². The lowest BCUT2D eigenvalue weighted by Gasteiger charge is -2.17. The maximum atomic E-state index is 6.12. The molecule has 0 fully saturated rings. The summed E-state index contributed by atoms with van der Waals surface area (Å²) in [6.07, 6.45) is 5.57. The lowest BCUT2D eigenvalue weighted by Crippen LogP contribution is -2.40. The summed E-state index contributed by atoms with van der Waals surface area (Å²) < 4.78 is 3.31. The van der Waals surface area contributed by atoms with Gasteiger partial charge in [0.1, 0.15) is 0 Å². The van der Waals surface area contributed by atoms with Crippen molar-refractivity contribution < 1.29 is 4.57 Å². The highest BCUT2D eigenvalue weighted by molar-refractivity contribution is 9.10. The van der Waals surface area contributed by atoms with E-state index in [0.29, 0.717) is 5.37 Å². The first-order valence-electron chi connectivity index (χ1n) is 6.89. The van der Waals surface area contributed by atoms with Crippen molar-refractivity contribution in [3.8, 4) is 0 Å². The fraction of sp³-hybridized carbons (Fsp3) is 0.312. The Bertz CT molecular complexity index is 560. The summed E-state index contributed by atoms with van der Waals surface area (Å²) in [6.45, 7) is 2.22. The number of aromatic nitrogens is 1. The number of anilines is 1. The summed E-state index contributed by atoms with van der Waals surface area (Å²) >= 11 is 5.48. The molecule has 2 aromatic rings. The molecule has 1 unspecified atom stereocenters. The fourth-order valence-electron chi connectivity index (χ4n) is 2.05. The molecule has 0 aliphatic rings. The SMILES string of the molecule is CCCCC(Sc1ccccc1Br)[n+]1ccccc1N. The molecule has 1 heterocycles. The minimum atomic E-state index is 0.329. The number of benzene rings is 1. The van der Waals surface area contributed by atoms with Gasteiger partial charge in [0.15, 0.2) is 5.37 Å². The molecule has 0 bridgehead atoms. The summed E-state index contributed by atoms with van der Waals surface area (Å²) in [5.41, 5.74) is 6.12. The van der Waals surface area contributed by atoms with Crippen molar-refractivity contribution in [2.45, 2.75) is 36.5 Å². The molecule has 0 aliphatic heterocycles. The van der Waals surface area contributed by atoms with Crippen LogP contribution in [0.4, 0.5) is 5.82 Å². The first kappa shape index (κ1) is 15.4. The van der Waals surface area contributed by atoms with Crippen LogP contribution in [-0.4, -0.2) is 0 Å². The van der Waals surface area contributed by atoms with Crippen molar-refractivity contribution in [2.75, 3.05) is 5.73 Å². The van der Waals surface area contributed by atoms with Crippen LogP contribution in [0, 0.1) is 0 Å². The smallest absolute Gasteiger partial charge is 0.273 e. The van der Waals surface area contributed by atoms with Gasteiger partial charge in [-0.3, -0.25) is 5.73 Å². The molecule has 0 saturated carbocycles. The minimum Gasteiger partial charge on any atom is -0.287 e. The fourth-order valence-corrected chi connectivity index (χ4v) is 3.84. The van der Waals surface area contributed by atoms with Gasteiger partial charge in [0.25, 0.3) is 5.82 Å². The average molecular weight is 352 g/mol. The van der Waals surface area contributed by atoms with Crippen molar-refractivity contribution in [1.29, 1.82) is 0 Å². The van der Waals surface area contributed by atoms with Crippen LogP contribution in [0.3, 0.4) is 0 Å². The number of pyridine rings is 1. The quantitative estimate of drug-likeness (QED) is 0.598. The number of unbranched alkanes of at least 4 members (excludes halogenated alkanes) is 1. The first-order valence-corrected chi connectivity index (χ1v) is 8.56. The Hall–Kier alpha value is -1.00. The number of thioether (sulfide) groups is 1. The number of nitrogen functional groups attached to an aromatic ring is 1. The maximum Gasteiger partial charge on any atom is 0.273 e. The lowest BCUT2D eigenvalue weighted by molar-refractivity contribution is -0.686. The summed E-state index contributed by atoms with van der Waals surface area (Å²) in [7, 11) is 0. The highest BCUT2D eigenvalue weighted by Gasteiger charge is 2.19. The Morgan fingerprint density at radius 2 is 1.95 bits per heavy atom. The molecule has 0 saturated heterocycles. The summed E-state index contributed by atoms with van der Waals surface area (Å²) in [5.74, 6) is 0.813. The molecule has 1 aromatic heterocycles. The summed E-state index contributed by atoms with van der Waals surface area (Å²) in [5, 5.41) is 0.329. The predicted molar refractivity (Wildman–Crippen MR) is 89.6 cm³/mol. The van der Waals surface area contributed by atoms with Gasteiger partial charge >= 0.3 is 0 Å². The largest absolute Gasteiger partial charge is 0.287 e. The molecule has 2 rings (SSSR count). The van der Waals surface area contributed by atoms with E-state index in [4.69, 9.17) is 5.73 Å². The molecular formula is C16H20BrN2S+. The van der Waals surface area contributed by atoms with Gasteiger partial charge in [-0.1, -0.05) is 43.3 Å². The molecule has 20 heavy (non-hydrogen) atoms. The normalized spacial score (nSPS) is 12.3. The van der Waals surface area contributed by atoms with E-state index in [1.165, 1.54) is 17.7 Å². The Kier molecular flexibility index (Phi) is 5.92. The second kappa shape index (κ2) is 7.70. The van der Waals surface area contributed by atoms with E-state index >= 15 is 0 Å². The van der Waals surface area contributed by atoms with Gasteiger partial charge in [0.05, 0.1) is 6.20 Å². The van der Waals surface area contributed by atoms with Crippen molar-refractivity contribution in [3.05, 3.63) is 53.1 Å². The molecule has 1 aromatic carbocycles. The van der Waals surface area contributed by atoms with Gasteiger partial charge in [-0.15, -0.1) is 0 Å². The van der Waals surface area contributed by atoms with Gasteiger partial charge in [-0.25, -0.2) is 4.57 Å². The van der Waals surface area contributed by atoms with E-state index in [2.05, 4.69) is 51.8 Å². The predicted octanol–water partition coefficient (Wildman–Crippen LogP) is 4.80. The summed E-state index contributed by atoms with van der Waals surface area (Å²) in [4.78, 5) is 1.25. The van der Waals surface area contributed by atoms with Crippen LogP contribution in [0.2, 0.25) is 0 Å². The molecule has 0 spiro atoms. The van der Waals surface area contributed by atoms with Gasteiger partial charge in [0.2, 0.25) is 0 Å². The molecule has 106 valence electrons. The zero-order valence-electron chi connectivity index (χ0n) is 11.6. The highest BCUT2D eigenvalue weighted by Crippen LogP contribution is 2.36. The van der Waals surface area contributed by atoms with E-state index in [-0.39, 0.29) is 0 Å². The number of halogens is 1. The number of hydrogen-bond donors (Lipinski definition) is 1. The van der Waals surface area contributed by atoms with E-state index in [0.717, 1.165) is 16.7 Å². The van der Waals surface area contributed by atoms with Gasteiger partial charge in [-0.05, 0) is 47.0 Å². The Balaban J connectivity index is 2.24. The monoisotopic (exact) mass is 351 g/mol. The topological polar surface area (TPSA) is 29.9 Å². The maximum absolute atomic E-state index is 6.12. The first-order chi connectivity index (χ1) is 9.72. The van der Waals surface area contributed by atoms with Gasteiger partial charge in [-0.2, -0.15) is 0 Å². The molecule has 1 atom stereocenters. The van der Waals surface area contributed by atoms with E-state index in [1.807, 2.05) is 36.0 Å². The standard InChI is InChI=1S/C16H19BrN2S/c1-2-3-11-16(19-12-7-6-10-15(19)18)20-14-9-5-4-8-13(14)17/h4-10,12,16,18H,2-3,11H2,1H3/p+1. The van der Waals surface area contributed by atoms with Crippen molar-refractivity contribution in [1.82, 2.24) is 0 Å². The molecule has 0 aliphatic carbocycles. The highest BCUT2D eigenvalue weighted by atomic mass is 79.9. The third-order valence-electron chi connectivity index (χ3n) is 3.14. The van der Waals surface area contributed by atoms with Crippen LogP contribution in [0.1, 0.15) is 31.6 Å². The van der Waals surface area contributed by atoms with Crippen LogP contribution in [0.15, 0.2) is 58.0 Å². The number of nitrogens with two attached hydrogens (primary N) is 1. The van der Waals surface area contributed by atoms with Crippen molar-refractivity contribution in [2.24, 2.45) is 0 Å². The van der Waals surface area contributed by atoms with E-state index < -0.39 is 0 Å². The zero-order valence-corrected chi connectivity index (χ0v) is 14.0. The van der Waals surface area contributed by atoms with Crippen LogP contribution in [0.5, 0.6) is 0 Å². The summed E-state index contributed by atoms with van der Waals surface area (Å²) in [6, 6.07) is 14.3. The van der Waals surface area contributed by atoms with Crippen LogP contribution < -0.4 is 10.3 Å². The van der Waals surface area contributed by atoms with Crippen LogP contribution in [-0.2, 0) is 0 Å². The molecule has 0 amide bonds. The minimum absolute atomic E-state index is 0.329. The van der Waals surface area contributed by atoms with Gasteiger partial charge < -0.3 is 0 Å².